The molecule has 4 rings (SSSR count). The zero-order chi connectivity index (χ0) is 15.5. The summed E-state index contributed by atoms with van der Waals surface area (Å²) in [5.74, 6) is -0.862. The minimum atomic E-state index is -0.574. The van der Waals surface area contributed by atoms with Gasteiger partial charge in [0, 0.05) is 42.0 Å². The summed E-state index contributed by atoms with van der Waals surface area (Å²) in [6.07, 6.45) is 5.99. The molecule has 110 valence electrons. The molecule has 0 amide bonds. The van der Waals surface area contributed by atoms with Gasteiger partial charge in [0.2, 0.25) is 5.95 Å². The Kier molecular flexibility index (Phi) is 2.43. The van der Waals surface area contributed by atoms with Gasteiger partial charge in [0.15, 0.2) is 5.65 Å². The number of rotatable bonds is 1. The number of aryl methyl sites for hydroxylation is 1. The highest BCUT2D eigenvalue weighted by molar-refractivity contribution is 5.51. The highest BCUT2D eigenvalue weighted by Crippen LogP contribution is 2.49. The summed E-state index contributed by atoms with van der Waals surface area (Å²) in [5.41, 5.74) is 2.61. The van der Waals surface area contributed by atoms with E-state index in [-0.39, 0.29) is 5.92 Å². The molecule has 3 aromatic heterocycles. The van der Waals surface area contributed by atoms with Crippen LogP contribution in [0.3, 0.4) is 0 Å². The van der Waals surface area contributed by atoms with Crippen molar-refractivity contribution in [3.8, 4) is 6.07 Å². The third-order valence-electron chi connectivity index (χ3n) is 4.49. The van der Waals surface area contributed by atoms with Gasteiger partial charge in [-0.25, -0.2) is 9.50 Å². The van der Waals surface area contributed by atoms with Crippen molar-refractivity contribution in [2.24, 2.45) is 7.05 Å². The lowest BCUT2D eigenvalue weighted by Gasteiger charge is -2.24. The van der Waals surface area contributed by atoms with Crippen molar-refractivity contribution in [2.45, 2.75) is 24.7 Å². The first kappa shape index (κ1) is 13.0. The maximum Gasteiger partial charge on any atom is 0.235 e. The minimum Gasteiger partial charge on any atom is -0.276 e. The van der Waals surface area contributed by atoms with E-state index in [0.29, 0.717) is 12.1 Å². The zero-order valence-electron chi connectivity index (χ0n) is 12.2. The van der Waals surface area contributed by atoms with Gasteiger partial charge in [0.25, 0.3) is 0 Å². The van der Waals surface area contributed by atoms with Crippen LogP contribution in [0.15, 0.2) is 24.7 Å². The predicted octanol–water partition coefficient (Wildman–Crippen LogP) is 1.92. The normalized spacial score (nSPS) is 23.6. The van der Waals surface area contributed by atoms with Crippen molar-refractivity contribution in [1.82, 2.24) is 24.4 Å². The van der Waals surface area contributed by atoms with E-state index in [9.17, 15) is 9.65 Å². The van der Waals surface area contributed by atoms with Gasteiger partial charge in [-0.1, -0.05) is 0 Å². The monoisotopic (exact) mass is 296 g/mol. The SMILES string of the molecule is Cn1cc(C2(C)CC(C#N)c3cnc4cc(F)nn4c32)cn1. The summed E-state index contributed by atoms with van der Waals surface area (Å²) in [7, 11) is 1.85. The number of nitriles is 1. The molecule has 0 N–H and O–H groups in total. The Bertz CT molecular complexity index is 933. The Labute approximate surface area is 125 Å². The molecule has 0 aliphatic heterocycles. The summed E-state index contributed by atoms with van der Waals surface area (Å²) in [4.78, 5) is 4.22. The number of aromatic nitrogens is 5. The molecule has 6 nitrogen and oxygen atoms in total. The Morgan fingerprint density at radius 2 is 2.27 bits per heavy atom. The summed E-state index contributed by atoms with van der Waals surface area (Å²) >= 11 is 0. The molecule has 7 heteroatoms. The summed E-state index contributed by atoms with van der Waals surface area (Å²) in [6.45, 7) is 2.04. The fraction of sp³-hybridized carbons (Fsp3) is 0.333. The zero-order valence-corrected chi connectivity index (χ0v) is 12.2. The van der Waals surface area contributed by atoms with E-state index in [1.165, 1.54) is 10.6 Å². The van der Waals surface area contributed by atoms with E-state index in [4.69, 9.17) is 0 Å². The molecule has 0 spiro atoms. The first-order valence-corrected chi connectivity index (χ1v) is 6.96. The number of fused-ring (bicyclic) bond motifs is 3. The predicted molar refractivity (Wildman–Crippen MR) is 75.6 cm³/mol. The fourth-order valence-electron chi connectivity index (χ4n) is 3.42. The average molecular weight is 296 g/mol. The van der Waals surface area contributed by atoms with E-state index in [1.54, 1.807) is 17.1 Å². The molecule has 1 aliphatic carbocycles. The van der Waals surface area contributed by atoms with Gasteiger partial charge in [0.05, 0.1) is 23.9 Å². The van der Waals surface area contributed by atoms with Crippen LogP contribution in [0.25, 0.3) is 5.65 Å². The lowest BCUT2D eigenvalue weighted by molar-refractivity contribution is 0.511. The van der Waals surface area contributed by atoms with E-state index >= 15 is 0 Å². The largest absolute Gasteiger partial charge is 0.276 e. The van der Waals surface area contributed by atoms with Crippen LogP contribution in [-0.4, -0.2) is 24.4 Å². The van der Waals surface area contributed by atoms with Crippen molar-refractivity contribution in [3.63, 3.8) is 0 Å². The molecular formula is C15H13FN6. The van der Waals surface area contributed by atoms with Crippen molar-refractivity contribution < 1.29 is 4.39 Å². The van der Waals surface area contributed by atoms with Crippen LogP contribution in [0.4, 0.5) is 4.39 Å². The van der Waals surface area contributed by atoms with E-state index in [0.717, 1.165) is 16.8 Å². The van der Waals surface area contributed by atoms with Gasteiger partial charge in [-0.3, -0.25) is 4.68 Å². The van der Waals surface area contributed by atoms with Crippen LogP contribution in [0.2, 0.25) is 0 Å². The molecule has 0 radical (unpaired) electrons. The van der Waals surface area contributed by atoms with Gasteiger partial charge >= 0.3 is 0 Å². The van der Waals surface area contributed by atoms with Crippen molar-refractivity contribution in [2.75, 3.05) is 0 Å². The number of halogens is 1. The highest BCUT2D eigenvalue weighted by atomic mass is 19.1. The minimum absolute atomic E-state index is 0.288. The molecule has 0 saturated heterocycles. The molecule has 2 unspecified atom stereocenters. The van der Waals surface area contributed by atoms with E-state index in [1.807, 2.05) is 20.2 Å². The molecule has 0 fully saturated rings. The van der Waals surface area contributed by atoms with Gasteiger partial charge in [-0.15, -0.1) is 5.10 Å². The van der Waals surface area contributed by atoms with Crippen LogP contribution in [-0.2, 0) is 12.5 Å². The van der Waals surface area contributed by atoms with Gasteiger partial charge in [-0.2, -0.15) is 14.8 Å². The molecule has 22 heavy (non-hydrogen) atoms. The first-order chi connectivity index (χ1) is 10.5. The third-order valence-corrected chi connectivity index (χ3v) is 4.49. The first-order valence-electron chi connectivity index (χ1n) is 6.96. The third kappa shape index (κ3) is 1.55. The summed E-state index contributed by atoms with van der Waals surface area (Å²) < 4.78 is 16.8. The Morgan fingerprint density at radius 3 is 2.95 bits per heavy atom. The Morgan fingerprint density at radius 1 is 1.45 bits per heavy atom. The Hall–Kier alpha value is -2.75. The molecule has 2 atom stereocenters. The molecule has 3 aromatic rings. The van der Waals surface area contributed by atoms with Crippen LogP contribution < -0.4 is 0 Å². The second kappa shape index (κ2) is 4.13. The van der Waals surface area contributed by atoms with Gasteiger partial charge in [0.1, 0.15) is 0 Å². The lowest BCUT2D eigenvalue weighted by atomic mass is 9.81. The lowest BCUT2D eigenvalue weighted by Crippen LogP contribution is -2.23. The average Bonchev–Trinajstić information content (AvgIpc) is 3.14. The Balaban J connectivity index is 2.06. The van der Waals surface area contributed by atoms with Crippen molar-refractivity contribution >= 4 is 5.65 Å². The summed E-state index contributed by atoms with van der Waals surface area (Å²) in [5, 5.41) is 17.6. The maximum absolute atomic E-state index is 13.6. The highest BCUT2D eigenvalue weighted by Gasteiger charge is 2.45. The van der Waals surface area contributed by atoms with Crippen LogP contribution >= 0.6 is 0 Å². The van der Waals surface area contributed by atoms with Gasteiger partial charge < -0.3 is 0 Å². The van der Waals surface area contributed by atoms with Crippen LogP contribution in [0.1, 0.15) is 36.1 Å². The quantitative estimate of drug-likeness (QED) is 0.687. The van der Waals surface area contributed by atoms with Crippen LogP contribution in [0, 0.1) is 17.3 Å². The number of nitrogens with zero attached hydrogens (tertiary/aromatic N) is 6. The number of hydrogen-bond donors (Lipinski definition) is 0. The fourth-order valence-corrected chi connectivity index (χ4v) is 3.42. The second-order valence-electron chi connectivity index (χ2n) is 5.92. The van der Waals surface area contributed by atoms with Crippen molar-refractivity contribution in [1.29, 1.82) is 5.26 Å². The van der Waals surface area contributed by atoms with Crippen molar-refractivity contribution in [3.05, 3.63) is 47.4 Å². The van der Waals surface area contributed by atoms with Crippen LogP contribution in [0.5, 0.6) is 0 Å². The topological polar surface area (TPSA) is 71.8 Å². The number of hydrogen-bond acceptors (Lipinski definition) is 4. The molecular weight excluding hydrogens is 283 g/mol. The molecule has 0 saturated carbocycles. The van der Waals surface area contributed by atoms with E-state index in [2.05, 4.69) is 21.3 Å². The standard InChI is InChI=1S/C15H13FN6/c1-15(10-6-19-21(2)8-10)4-9(5-17)11-7-18-13-3-12(16)20-22(13)14(11)15/h3,6-9H,4H2,1-2H3. The van der Waals surface area contributed by atoms with Gasteiger partial charge in [-0.05, 0) is 13.3 Å². The second-order valence-corrected chi connectivity index (χ2v) is 5.92. The molecule has 1 aliphatic rings. The maximum atomic E-state index is 13.6. The molecule has 0 aromatic carbocycles. The molecule has 3 heterocycles. The smallest absolute Gasteiger partial charge is 0.235 e. The molecule has 0 bridgehead atoms. The summed E-state index contributed by atoms with van der Waals surface area (Å²) in [6, 6.07) is 3.62. The van der Waals surface area contributed by atoms with E-state index < -0.39 is 11.4 Å².